The maximum absolute atomic E-state index is 12.9. The van der Waals surface area contributed by atoms with Crippen molar-refractivity contribution in [3.63, 3.8) is 0 Å². The normalized spacial score (nSPS) is 23.6. The van der Waals surface area contributed by atoms with Gasteiger partial charge in [0.2, 0.25) is 12.2 Å². The second-order valence-corrected chi connectivity index (χ2v) is 7.78. The van der Waals surface area contributed by atoms with E-state index < -0.39 is 54.5 Å². The number of amides is 1. The standard InChI is InChI=1S/C25H27NO9/c1-15(27)26-20-22(35-24(30)18-12-8-5-9-13-18)21(31-3)19(34-25(20)33-16(2)28)14-32-23(29)17-10-6-4-7-11-17/h4-13,19-22,25H,14H2,1-3H3,(H,26,27)/t19-,20-,21-,22-,25?/m1/s1. The highest BCUT2D eigenvalue weighted by molar-refractivity contribution is 5.90. The molecule has 0 radical (unpaired) electrons. The van der Waals surface area contributed by atoms with E-state index in [0.717, 1.165) is 0 Å². The molecular formula is C25H27NO9. The molecule has 0 bridgehead atoms. The fraction of sp³-hybridized carbons (Fsp3) is 0.360. The average molecular weight is 485 g/mol. The average Bonchev–Trinajstić information content (AvgIpc) is 2.85. The molecule has 10 nitrogen and oxygen atoms in total. The monoisotopic (exact) mass is 485 g/mol. The smallest absolute Gasteiger partial charge is 0.338 e. The Morgan fingerprint density at radius 1 is 0.829 bits per heavy atom. The third-order valence-electron chi connectivity index (χ3n) is 5.21. The SMILES string of the molecule is CO[C@H]1[C@H](OC(=O)c2ccccc2)[C@@H](NC(C)=O)C(OC(C)=O)O[C@@H]1COC(=O)c1ccccc1. The van der Waals surface area contributed by atoms with Crippen molar-refractivity contribution < 1.29 is 42.9 Å². The number of carbonyl (C=O) groups is 4. The Morgan fingerprint density at radius 3 is 1.91 bits per heavy atom. The van der Waals surface area contributed by atoms with Crippen molar-refractivity contribution in [2.45, 2.75) is 44.5 Å². The molecule has 2 aromatic carbocycles. The highest BCUT2D eigenvalue weighted by Crippen LogP contribution is 2.28. The quantitative estimate of drug-likeness (QED) is 0.440. The summed E-state index contributed by atoms with van der Waals surface area (Å²) in [7, 11) is 1.36. The van der Waals surface area contributed by atoms with Gasteiger partial charge < -0.3 is 29.0 Å². The predicted octanol–water partition coefficient (Wildman–Crippen LogP) is 1.88. The summed E-state index contributed by atoms with van der Waals surface area (Å²) < 4.78 is 27.8. The zero-order valence-electron chi connectivity index (χ0n) is 19.5. The summed E-state index contributed by atoms with van der Waals surface area (Å²) in [5.74, 6) is -2.44. The third kappa shape index (κ3) is 6.87. The Labute approximate surface area is 202 Å². The van der Waals surface area contributed by atoms with Crippen LogP contribution in [0.25, 0.3) is 0 Å². The molecule has 1 unspecified atom stereocenters. The zero-order valence-corrected chi connectivity index (χ0v) is 19.5. The summed E-state index contributed by atoms with van der Waals surface area (Å²) in [6.45, 7) is 2.14. The van der Waals surface area contributed by atoms with Crippen molar-refractivity contribution in [1.29, 1.82) is 0 Å². The largest absolute Gasteiger partial charge is 0.459 e. The van der Waals surface area contributed by atoms with Gasteiger partial charge in [0, 0.05) is 21.0 Å². The first-order valence-electron chi connectivity index (χ1n) is 10.9. The van der Waals surface area contributed by atoms with Gasteiger partial charge in [-0.2, -0.15) is 0 Å². The number of hydrogen-bond donors (Lipinski definition) is 1. The van der Waals surface area contributed by atoms with Gasteiger partial charge >= 0.3 is 17.9 Å². The lowest BCUT2D eigenvalue weighted by Gasteiger charge is -2.44. The molecule has 1 aliphatic rings. The van der Waals surface area contributed by atoms with E-state index in [1.165, 1.54) is 21.0 Å². The first kappa shape index (κ1) is 25.9. The molecule has 2 aromatic rings. The molecule has 0 aromatic heterocycles. The Morgan fingerprint density at radius 2 is 1.40 bits per heavy atom. The molecule has 0 aliphatic carbocycles. The van der Waals surface area contributed by atoms with Gasteiger partial charge in [-0.1, -0.05) is 36.4 Å². The number of rotatable bonds is 8. The van der Waals surface area contributed by atoms with Crippen LogP contribution in [0.1, 0.15) is 34.6 Å². The van der Waals surface area contributed by atoms with Crippen LogP contribution in [-0.2, 0) is 33.3 Å². The Balaban J connectivity index is 1.87. The van der Waals surface area contributed by atoms with Gasteiger partial charge in [0.05, 0.1) is 11.1 Å². The molecule has 1 heterocycles. The highest BCUT2D eigenvalue weighted by atomic mass is 16.7. The van der Waals surface area contributed by atoms with Gasteiger partial charge in [-0.3, -0.25) is 9.59 Å². The van der Waals surface area contributed by atoms with E-state index in [-0.39, 0.29) is 12.2 Å². The van der Waals surface area contributed by atoms with E-state index in [4.69, 9.17) is 23.7 Å². The van der Waals surface area contributed by atoms with E-state index in [1.807, 2.05) is 0 Å². The Kier molecular flexibility index (Phi) is 8.93. The second-order valence-electron chi connectivity index (χ2n) is 7.78. The Hall–Kier alpha value is -3.76. The molecule has 1 N–H and O–H groups in total. The number of methoxy groups -OCH3 is 1. The van der Waals surface area contributed by atoms with Crippen molar-refractivity contribution in [2.75, 3.05) is 13.7 Å². The van der Waals surface area contributed by atoms with E-state index in [2.05, 4.69) is 5.32 Å². The van der Waals surface area contributed by atoms with Gasteiger partial charge in [-0.15, -0.1) is 0 Å². The molecule has 0 saturated carbocycles. The molecule has 1 saturated heterocycles. The van der Waals surface area contributed by atoms with Crippen LogP contribution in [0, 0.1) is 0 Å². The lowest BCUT2D eigenvalue weighted by molar-refractivity contribution is -0.266. The molecule has 1 amide bonds. The molecule has 186 valence electrons. The molecule has 0 spiro atoms. The van der Waals surface area contributed by atoms with Crippen molar-refractivity contribution in [3.05, 3.63) is 71.8 Å². The van der Waals surface area contributed by atoms with Crippen molar-refractivity contribution in [2.24, 2.45) is 0 Å². The second kappa shape index (κ2) is 12.1. The van der Waals surface area contributed by atoms with Crippen molar-refractivity contribution in [1.82, 2.24) is 5.32 Å². The summed E-state index contributed by atoms with van der Waals surface area (Å²) in [5.41, 5.74) is 0.600. The van der Waals surface area contributed by atoms with E-state index in [1.54, 1.807) is 60.7 Å². The van der Waals surface area contributed by atoms with Crippen LogP contribution in [0.5, 0.6) is 0 Å². The molecular weight excluding hydrogens is 458 g/mol. The lowest BCUT2D eigenvalue weighted by atomic mass is 9.96. The number of carbonyl (C=O) groups excluding carboxylic acids is 4. The van der Waals surface area contributed by atoms with Gasteiger partial charge in [0.25, 0.3) is 0 Å². The van der Waals surface area contributed by atoms with E-state index >= 15 is 0 Å². The van der Waals surface area contributed by atoms with Crippen LogP contribution in [0.4, 0.5) is 0 Å². The number of nitrogens with one attached hydrogen (secondary N) is 1. The number of ether oxygens (including phenoxy) is 5. The molecule has 1 aliphatic heterocycles. The number of hydrogen-bond acceptors (Lipinski definition) is 9. The van der Waals surface area contributed by atoms with Crippen LogP contribution in [-0.4, -0.2) is 68.2 Å². The van der Waals surface area contributed by atoms with E-state index in [9.17, 15) is 19.2 Å². The number of benzene rings is 2. The van der Waals surface area contributed by atoms with Crippen molar-refractivity contribution in [3.8, 4) is 0 Å². The fourth-order valence-corrected chi connectivity index (χ4v) is 3.70. The minimum atomic E-state index is -1.34. The summed E-state index contributed by atoms with van der Waals surface area (Å²) in [5, 5.41) is 2.61. The van der Waals surface area contributed by atoms with Crippen molar-refractivity contribution >= 4 is 23.8 Å². The van der Waals surface area contributed by atoms with Crippen LogP contribution in [0.15, 0.2) is 60.7 Å². The summed E-state index contributed by atoms with van der Waals surface area (Å²) in [4.78, 5) is 49.0. The van der Waals surface area contributed by atoms with Gasteiger partial charge in [-0.05, 0) is 24.3 Å². The lowest BCUT2D eigenvalue weighted by Crippen LogP contribution is -2.66. The fourth-order valence-electron chi connectivity index (χ4n) is 3.70. The van der Waals surface area contributed by atoms with E-state index in [0.29, 0.717) is 5.56 Å². The highest BCUT2D eigenvalue weighted by Gasteiger charge is 2.51. The van der Waals surface area contributed by atoms with Gasteiger partial charge in [0.15, 0.2) is 6.10 Å². The summed E-state index contributed by atoms with van der Waals surface area (Å²) in [6.07, 6.45) is -4.45. The first-order valence-corrected chi connectivity index (χ1v) is 10.9. The molecule has 3 rings (SSSR count). The topological polar surface area (TPSA) is 126 Å². The predicted molar refractivity (Wildman–Crippen MR) is 121 cm³/mol. The van der Waals surface area contributed by atoms with Gasteiger partial charge in [0.1, 0.15) is 24.9 Å². The molecule has 5 atom stereocenters. The summed E-state index contributed by atoms with van der Waals surface area (Å²) >= 11 is 0. The molecule has 35 heavy (non-hydrogen) atoms. The maximum atomic E-state index is 12.9. The first-order chi connectivity index (χ1) is 16.8. The maximum Gasteiger partial charge on any atom is 0.338 e. The molecule has 1 fully saturated rings. The minimum absolute atomic E-state index is 0.270. The minimum Gasteiger partial charge on any atom is -0.459 e. The van der Waals surface area contributed by atoms with Crippen LogP contribution < -0.4 is 5.32 Å². The van der Waals surface area contributed by atoms with Crippen LogP contribution in [0.3, 0.4) is 0 Å². The van der Waals surface area contributed by atoms with Crippen LogP contribution >= 0.6 is 0 Å². The molecule has 10 heteroatoms. The zero-order chi connectivity index (χ0) is 25.4. The Bertz CT molecular complexity index is 1030. The summed E-state index contributed by atoms with van der Waals surface area (Å²) in [6, 6.07) is 15.5. The number of esters is 3. The van der Waals surface area contributed by atoms with Crippen LogP contribution in [0.2, 0.25) is 0 Å². The third-order valence-corrected chi connectivity index (χ3v) is 5.21. The van der Waals surface area contributed by atoms with Gasteiger partial charge in [-0.25, -0.2) is 9.59 Å².